The molecule has 2 aromatic rings. The number of hydrogen-bond donors (Lipinski definition) is 0. The van der Waals surface area contributed by atoms with Crippen molar-refractivity contribution in [2.45, 2.75) is 0 Å². The van der Waals surface area contributed by atoms with Gasteiger partial charge in [-0.3, -0.25) is 9.59 Å². The Hall–Kier alpha value is -0.195. The van der Waals surface area contributed by atoms with Crippen LogP contribution in [0.25, 0.3) is 0 Å². The van der Waals surface area contributed by atoms with E-state index >= 15 is 0 Å². The number of carbonyl (C=O) groups is 2. The van der Waals surface area contributed by atoms with Crippen LogP contribution in [0.2, 0.25) is 0 Å². The number of ketones is 2. The minimum Gasteiger partial charge on any atom is -0.288 e. The van der Waals surface area contributed by atoms with Crippen LogP contribution in [-0.2, 0) is 0 Å². The van der Waals surface area contributed by atoms with Crippen LogP contribution in [0, 0.1) is 0 Å². The minimum atomic E-state index is -0.00847. The average Bonchev–Trinajstić information content (AvgIpc) is 2.82. The first-order chi connectivity index (χ1) is 6.79. The monoisotopic (exact) mass is 258 g/mol. The standard InChI is InChI=1S/C10H4O2S2.BH4.Na/c11-7-5-1-3-13-9(5)8(12)6-2-4-14-10(6)7;;/h1-4H;1H4;/q;-1;+1. The fraction of sp³-hybridized carbons (Fsp3) is 0. The van der Waals surface area contributed by atoms with Gasteiger partial charge in [-0.25, -0.2) is 0 Å². The third-order valence-electron chi connectivity index (χ3n) is 2.23. The van der Waals surface area contributed by atoms with Gasteiger partial charge in [-0.1, -0.05) is 8.41 Å². The van der Waals surface area contributed by atoms with E-state index in [2.05, 4.69) is 0 Å². The zero-order chi connectivity index (χ0) is 9.71. The molecule has 1 aliphatic carbocycles. The van der Waals surface area contributed by atoms with Crippen LogP contribution in [-0.4, -0.2) is 20.0 Å². The molecule has 0 atom stereocenters. The van der Waals surface area contributed by atoms with Crippen molar-refractivity contribution < 1.29 is 39.1 Å². The molecule has 0 amide bonds. The van der Waals surface area contributed by atoms with E-state index in [9.17, 15) is 9.59 Å². The molecule has 0 N–H and O–H groups in total. The Bertz CT molecular complexity index is 467. The van der Waals surface area contributed by atoms with Crippen molar-refractivity contribution >= 4 is 42.7 Å². The van der Waals surface area contributed by atoms with Crippen molar-refractivity contribution in [1.82, 2.24) is 0 Å². The summed E-state index contributed by atoms with van der Waals surface area (Å²) in [5.41, 5.74) is 1.13. The van der Waals surface area contributed by atoms with Gasteiger partial charge < -0.3 is 0 Å². The maximum absolute atomic E-state index is 11.8. The molecule has 2 aromatic heterocycles. The Morgan fingerprint density at radius 2 is 1.19 bits per heavy atom. The molecule has 2 heterocycles. The van der Waals surface area contributed by atoms with E-state index in [1.165, 1.54) is 22.7 Å². The number of carbonyl (C=O) groups excluding carboxylic acids is 2. The average molecular weight is 258 g/mol. The molecule has 0 spiro atoms. The minimum absolute atomic E-state index is 0. The summed E-state index contributed by atoms with van der Waals surface area (Å²) in [6, 6.07) is 3.45. The molecule has 0 bridgehead atoms. The smallest absolute Gasteiger partial charge is 0.288 e. The zero-order valence-corrected chi connectivity index (χ0v) is 11.6. The van der Waals surface area contributed by atoms with Crippen LogP contribution < -0.4 is 29.6 Å². The molecule has 3 rings (SSSR count). The molecule has 76 valence electrons. The topological polar surface area (TPSA) is 34.1 Å². The Kier molecular flexibility index (Phi) is 4.32. The van der Waals surface area contributed by atoms with Gasteiger partial charge in [0.15, 0.2) is 0 Å². The number of hydrogen-bond acceptors (Lipinski definition) is 4. The molecule has 0 fully saturated rings. The Labute approximate surface area is 125 Å². The predicted octanol–water partition coefficient (Wildman–Crippen LogP) is -1.86. The van der Waals surface area contributed by atoms with Crippen molar-refractivity contribution in [3.8, 4) is 0 Å². The predicted molar refractivity (Wildman–Crippen MR) is 66.8 cm³/mol. The van der Waals surface area contributed by atoms with Gasteiger partial charge in [-0.05, 0) is 22.9 Å². The van der Waals surface area contributed by atoms with Gasteiger partial charge in [0.2, 0.25) is 11.6 Å². The van der Waals surface area contributed by atoms with Crippen molar-refractivity contribution in [3.05, 3.63) is 43.8 Å². The quantitative estimate of drug-likeness (QED) is 0.443. The van der Waals surface area contributed by atoms with Gasteiger partial charge in [0, 0.05) is 11.1 Å². The summed E-state index contributed by atoms with van der Waals surface area (Å²) < 4.78 is 0. The Morgan fingerprint density at radius 1 is 0.812 bits per heavy atom. The third-order valence-corrected chi connectivity index (χ3v) is 4.06. The van der Waals surface area contributed by atoms with E-state index in [0.29, 0.717) is 20.9 Å². The summed E-state index contributed by atoms with van der Waals surface area (Å²) in [5, 5.41) is 3.58. The van der Waals surface area contributed by atoms with Crippen molar-refractivity contribution in [2.75, 3.05) is 0 Å². The second kappa shape index (κ2) is 4.98. The molecule has 0 radical (unpaired) electrons. The molecule has 0 unspecified atom stereocenters. The van der Waals surface area contributed by atoms with Gasteiger partial charge in [0.1, 0.15) is 0 Å². The molecule has 1 aliphatic rings. The number of fused-ring (bicyclic) bond motifs is 2. The van der Waals surface area contributed by atoms with E-state index in [4.69, 9.17) is 0 Å². The summed E-state index contributed by atoms with van der Waals surface area (Å²) >= 11 is 2.68. The van der Waals surface area contributed by atoms with E-state index in [-0.39, 0.29) is 49.5 Å². The van der Waals surface area contributed by atoms with Gasteiger partial charge in [-0.2, -0.15) is 0 Å². The van der Waals surface area contributed by atoms with E-state index in [0.717, 1.165) is 0 Å². The van der Waals surface area contributed by atoms with Gasteiger partial charge in [-0.15, -0.1) is 22.7 Å². The van der Waals surface area contributed by atoms with Crippen molar-refractivity contribution in [3.63, 3.8) is 0 Å². The fourth-order valence-corrected chi connectivity index (χ4v) is 3.26. The molecular formula is C10H8BNaO2S2. The summed E-state index contributed by atoms with van der Waals surface area (Å²) in [6.45, 7) is 0. The molecule has 0 saturated carbocycles. The van der Waals surface area contributed by atoms with Crippen molar-refractivity contribution in [2.24, 2.45) is 0 Å². The molecule has 6 heteroatoms. The van der Waals surface area contributed by atoms with Gasteiger partial charge in [0.25, 0.3) is 0 Å². The van der Waals surface area contributed by atoms with E-state index in [1.54, 1.807) is 22.9 Å². The Morgan fingerprint density at radius 3 is 1.56 bits per heavy atom. The van der Waals surface area contributed by atoms with Gasteiger partial charge >= 0.3 is 29.6 Å². The first-order valence-corrected chi connectivity index (χ1v) is 5.79. The molecule has 0 aliphatic heterocycles. The van der Waals surface area contributed by atoms with Crippen LogP contribution in [0.3, 0.4) is 0 Å². The Balaban J connectivity index is 0.000000640. The SMILES string of the molecule is O=C1c2ccsc2C(=O)c2ccsc21.[BH4-].[Na+]. The largest absolute Gasteiger partial charge is 1.00 e. The third kappa shape index (κ3) is 1.77. The van der Waals surface area contributed by atoms with Crippen LogP contribution in [0.5, 0.6) is 0 Å². The second-order valence-electron chi connectivity index (χ2n) is 2.99. The van der Waals surface area contributed by atoms with Crippen LogP contribution in [0.1, 0.15) is 30.5 Å². The molecular weight excluding hydrogens is 250 g/mol. The summed E-state index contributed by atoms with van der Waals surface area (Å²) in [7, 11) is 0. The van der Waals surface area contributed by atoms with E-state index in [1.807, 2.05) is 0 Å². The summed E-state index contributed by atoms with van der Waals surface area (Å²) in [6.07, 6.45) is 0. The number of rotatable bonds is 0. The summed E-state index contributed by atoms with van der Waals surface area (Å²) in [5.74, 6) is -0.0169. The first-order valence-electron chi connectivity index (χ1n) is 4.03. The van der Waals surface area contributed by atoms with Crippen molar-refractivity contribution in [1.29, 1.82) is 0 Å². The van der Waals surface area contributed by atoms with Crippen LogP contribution >= 0.6 is 22.7 Å². The second-order valence-corrected chi connectivity index (χ2v) is 4.82. The van der Waals surface area contributed by atoms with Gasteiger partial charge in [0.05, 0.1) is 9.75 Å². The fourth-order valence-electron chi connectivity index (χ4n) is 1.57. The van der Waals surface area contributed by atoms with Crippen LogP contribution in [0.4, 0.5) is 0 Å². The molecule has 2 nitrogen and oxygen atoms in total. The maximum atomic E-state index is 11.8. The number of thiophene rings is 2. The van der Waals surface area contributed by atoms with E-state index < -0.39 is 0 Å². The first kappa shape index (κ1) is 13.9. The van der Waals surface area contributed by atoms with Crippen LogP contribution in [0.15, 0.2) is 22.9 Å². The normalized spacial score (nSPS) is 12.2. The molecule has 16 heavy (non-hydrogen) atoms. The zero-order valence-electron chi connectivity index (χ0n) is 7.94. The summed E-state index contributed by atoms with van der Waals surface area (Å²) in [4.78, 5) is 24.8. The molecule has 0 saturated heterocycles. The maximum Gasteiger partial charge on any atom is 1.00 e. The molecule has 0 aromatic carbocycles.